The lowest BCUT2D eigenvalue weighted by Crippen LogP contribution is -2.40. The average molecular weight is 249 g/mol. The zero-order chi connectivity index (χ0) is 12.8. The molecule has 1 aliphatic rings. The number of nitrogens with one attached hydrogen (secondary N) is 1. The fourth-order valence-corrected chi connectivity index (χ4v) is 2.59. The number of rotatable bonds is 4. The third kappa shape index (κ3) is 3.07. The van der Waals surface area contributed by atoms with Crippen molar-refractivity contribution in [2.75, 3.05) is 26.2 Å². The van der Waals surface area contributed by atoms with Crippen molar-refractivity contribution in [1.29, 1.82) is 0 Å². The number of aromatic nitrogens is 1. The molecule has 4 nitrogen and oxygen atoms in total. The molecule has 2 rings (SSSR count). The lowest BCUT2D eigenvalue weighted by molar-refractivity contribution is -0.0696. The van der Waals surface area contributed by atoms with Crippen LogP contribution in [0.4, 0.5) is 0 Å². The number of hydrogen-bond donors (Lipinski definition) is 1. The maximum atomic E-state index is 5.88. The van der Waals surface area contributed by atoms with Gasteiger partial charge in [0.05, 0.1) is 11.7 Å². The van der Waals surface area contributed by atoms with Crippen LogP contribution in [-0.2, 0) is 4.74 Å². The molecule has 1 N–H and O–H groups in total. The van der Waals surface area contributed by atoms with Gasteiger partial charge in [0.15, 0.2) is 0 Å². The summed E-state index contributed by atoms with van der Waals surface area (Å²) >= 11 is 0. The fourth-order valence-electron chi connectivity index (χ4n) is 2.59. The van der Waals surface area contributed by atoms with Crippen molar-refractivity contribution in [2.24, 2.45) is 0 Å². The van der Waals surface area contributed by atoms with E-state index in [4.69, 9.17) is 4.74 Å². The van der Waals surface area contributed by atoms with Gasteiger partial charge in [-0.15, -0.1) is 0 Å². The van der Waals surface area contributed by atoms with Gasteiger partial charge < -0.3 is 10.1 Å². The molecule has 0 aliphatic carbocycles. The van der Waals surface area contributed by atoms with Crippen LogP contribution in [0.2, 0.25) is 0 Å². The molecule has 1 aromatic rings. The predicted molar refractivity (Wildman–Crippen MR) is 72.3 cm³/mol. The maximum absolute atomic E-state index is 5.88. The highest BCUT2D eigenvalue weighted by molar-refractivity contribution is 5.10. The summed E-state index contributed by atoms with van der Waals surface area (Å²) in [5.41, 5.74) is 1.12. The van der Waals surface area contributed by atoms with Crippen LogP contribution >= 0.6 is 0 Å². The maximum Gasteiger partial charge on any atom is 0.112 e. The minimum atomic E-state index is 0.196. The molecule has 0 bridgehead atoms. The highest BCUT2D eigenvalue weighted by Gasteiger charge is 2.29. The second-order valence-electron chi connectivity index (χ2n) is 4.50. The highest BCUT2D eigenvalue weighted by atomic mass is 16.5. The predicted octanol–water partition coefficient (Wildman–Crippen LogP) is 1.80. The summed E-state index contributed by atoms with van der Waals surface area (Å²) < 4.78 is 5.88. The van der Waals surface area contributed by atoms with E-state index in [1.54, 1.807) is 0 Å². The Bertz CT molecular complexity index is 344. The topological polar surface area (TPSA) is 37.4 Å². The fraction of sp³-hybridized carbons (Fsp3) is 0.643. The normalized spacial score (nSPS) is 25.9. The molecular weight excluding hydrogens is 226 g/mol. The Hall–Kier alpha value is -0.970. The van der Waals surface area contributed by atoms with Gasteiger partial charge in [0.2, 0.25) is 0 Å². The Morgan fingerprint density at radius 3 is 3.00 bits per heavy atom. The smallest absolute Gasteiger partial charge is 0.112 e. The molecule has 100 valence electrons. The van der Waals surface area contributed by atoms with Crippen LogP contribution in [0.25, 0.3) is 0 Å². The molecule has 0 saturated carbocycles. The zero-order valence-corrected chi connectivity index (χ0v) is 11.3. The van der Waals surface area contributed by atoms with E-state index in [1.807, 2.05) is 12.3 Å². The Balaban J connectivity index is 2.20. The largest absolute Gasteiger partial charge is 0.363 e. The first-order chi connectivity index (χ1) is 8.86. The molecule has 1 aromatic heterocycles. The quantitative estimate of drug-likeness (QED) is 0.883. The van der Waals surface area contributed by atoms with E-state index < -0.39 is 0 Å². The summed E-state index contributed by atoms with van der Waals surface area (Å²) in [4.78, 5) is 6.91. The zero-order valence-electron chi connectivity index (χ0n) is 11.3. The molecule has 1 fully saturated rings. The molecule has 0 aromatic carbocycles. The first-order valence-corrected chi connectivity index (χ1v) is 6.85. The van der Waals surface area contributed by atoms with E-state index in [9.17, 15) is 0 Å². The summed E-state index contributed by atoms with van der Waals surface area (Å²) in [5.74, 6) is 0. The van der Waals surface area contributed by atoms with Crippen molar-refractivity contribution >= 4 is 0 Å². The second kappa shape index (κ2) is 6.83. The lowest BCUT2D eigenvalue weighted by Gasteiger charge is -2.34. The minimum absolute atomic E-state index is 0.196. The van der Waals surface area contributed by atoms with Crippen molar-refractivity contribution in [1.82, 2.24) is 15.2 Å². The molecule has 0 spiro atoms. The van der Waals surface area contributed by atoms with Crippen LogP contribution in [0.5, 0.6) is 0 Å². The highest BCUT2D eigenvalue weighted by Crippen LogP contribution is 2.24. The van der Waals surface area contributed by atoms with Crippen LogP contribution < -0.4 is 5.32 Å². The molecule has 2 atom stereocenters. The molecule has 2 unspecified atom stereocenters. The van der Waals surface area contributed by atoms with Gasteiger partial charge in [0, 0.05) is 19.3 Å². The number of nitrogens with zero attached hydrogens (tertiary/aromatic N) is 2. The van der Waals surface area contributed by atoms with Crippen molar-refractivity contribution in [3.05, 3.63) is 30.1 Å². The van der Waals surface area contributed by atoms with E-state index in [2.05, 4.69) is 41.2 Å². The Labute approximate surface area is 109 Å². The third-order valence-corrected chi connectivity index (χ3v) is 3.43. The molecule has 18 heavy (non-hydrogen) atoms. The van der Waals surface area contributed by atoms with E-state index in [1.165, 1.54) is 0 Å². The van der Waals surface area contributed by atoms with Gasteiger partial charge in [-0.05, 0) is 38.6 Å². The van der Waals surface area contributed by atoms with E-state index in [-0.39, 0.29) is 6.23 Å². The third-order valence-electron chi connectivity index (χ3n) is 3.43. The van der Waals surface area contributed by atoms with Gasteiger partial charge in [0.25, 0.3) is 0 Å². The monoisotopic (exact) mass is 249 g/mol. The molecule has 0 radical (unpaired) electrons. The SMILES string of the molecule is CCOC1CCNCC(c2ccccn2)N1CC. The van der Waals surface area contributed by atoms with Gasteiger partial charge in [-0.2, -0.15) is 0 Å². The molecule has 1 aliphatic heterocycles. The summed E-state index contributed by atoms with van der Waals surface area (Å²) in [6, 6.07) is 6.42. The standard InChI is InChI=1S/C14H23N3O/c1-3-17-13(12-7-5-6-9-16-12)11-15-10-8-14(17)18-4-2/h5-7,9,13-15H,3-4,8,10-11H2,1-2H3. The number of pyridine rings is 1. The molecule has 2 heterocycles. The first kappa shape index (κ1) is 13.5. The summed E-state index contributed by atoms with van der Waals surface area (Å²) in [6.07, 6.45) is 3.09. The summed E-state index contributed by atoms with van der Waals surface area (Å²) in [7, 11) is 0. The van der Waals surface area contributed by atoms with E-state index in [0.717, 1.165) is 38.4 Å². The summed E-state index contributed by atoms with van der Waals surface area (Å²) in [5, 5.41) is 3.49. The second-order valence-corrected chi connectivity index (χ2v) is 4.50. The van der Waals surface area contributed by atoms with Crippen LogP contribution in [0, 0.1) is 0 Å². The van der Waals surface area contributed by atoms with Crippen molar-refractivity contribution < 1.29 is 4.74 Å². The Morgan fingerprint density at radius 2 is 2.33 bits per heavy atom. The van der Waals surface area contributed by atoms with Crippen molar-refractivity contribution in [3.63, 3.8) is 0 Å². The Morgan fingerprint density at radius 1 is 1.44 bits per heavy atom. The molecule has 4 heteroatoms. The van der Waals surface area contributed by atoms with Crippen molar-refractivity contribution in [2.45, 2.75) is 32.5 Å². The van der Waals surface area contributed by atoms with Gasteiger partial charge in [0.1, 0.15) is 6.23 Å². The first-order valence-electron chi connectivity index (χ1n) is 6.85. The average Bonchev–Trinajstić information content (AvgIpc) is 2.62. The van der Waals surface area contributed by atoms with Gasteiger partial charge >= 0.3 is 0 Å². The Kier molecular flexibility index (Phi) is 5.11. The van der Waals surface area contributed by atoms with Gasteiger partial charge in [-0.25, -0.2) is 0 Å². The van der Waals surface area contributed by atoms with Crippen LogP contribution in [-0.4, -0.2) is 42.4 Å². The molecule has 1 saturated heterocycles. The summed E-state index contributed by atoms with van der Waals surface area (Å²) in [6.45, 7) is 7.93. The number of hydrogen-bond acceptors (Lipinski definition) is 4. The number of ether oxygens (including phenoxy) is 1. The molecule has 0 amide bonds. The van der Waals surface area contributed by atoms with Gasteiger partial charge in [-0.3, -0.25) is 9.88 Å². The minimum Gasteiger partial charge on any atom is -0.363 e. The van der Waals surface area contributed by atoms with Crippen LogP contribution in [0.15, 0.2) is 24.4 Å². The van der Waals surface area contributed by atoms with E-state index in [0.29, 0.717) is 6.04 Å². The van der Waals surface area contributed by atoms with Crippen LogP contribution in [0.3, 0.4) is 0 Å². The number of likely N-dealkylation sites (N-methyl/N-ethyl adjacent to an activating group) is 1. The lowest BCUT2D eigenvalue weighted by atomic mass is 10.1. The van der Waals surface area contributed by atoms with Crippen molar-refractivity contribution in [3.8, 4) is 0 Å². The molecular formula is C14H23N3O. The van der Waals surface area contributed by atoms with Crippen LogP contribution in [0.1, 0.15) is 32.0 Å². The van der Waals surface area contributed by atoms with E-state index >= 15 is 0 Å². The van der Waals surface area contributed by atoms with Gasteiger partial charge in [-0.1, -0.05) is 13.0 Å².